The minimum atomic E-state index is -1.17. The number of benzene rings is 1. The van der Waals surface area contributed by atoms with Gasteiger partial charge in [0.15, 0.2) is 0 Å². The Labute approximate surface area is 112 Å². The summed E-state index contributed by atoms with van der Waals surface area (Å²) in [5.74, 6) is 0.493. The maximum absolute atomic E-state index is 11.8. The van der Waals surface area contributed by atoms with E-state index in [-0.39, 0.29) is 12.0 Å². The molecule has 0 bridgehead atoms. The fourth-order valence-electron chi connectivity index (χ4n) is 1.24. The van der Waals surface area contributed by atoms with E-state index in [1.54, 1.807) is 6.07 Å². The lowest BCUT2D eigenvalue weighted by Gasteiger charge is -2.12. The van der Waals surface area contributed by atoms with E-state index in [9.17, 15) is 9.59 Å². The highest BCUT2D eigenvalue weighted by atomic mass is 79.9. The Morgan fingerprint density at radius 3 is 2.72 bits per heavy atom. The fourth-order valence-corrected chi connectivity index (χ4v) is 1.49. The van der Waals surface area contributed by atoms with Crippen LogP contribution in [0.25, 0.3) is 0 Å². The normalized spacial score (nSPS) is 11.3. The van der Waals surface area contributed by atoms with Crippen molar-refractivity contribution in [2.45, 2.75) is 12.5 Å². The van der Waals surface area contributed by atoms with Crippen molar-refractivity contribution in [1.29, 1.82) is 0 Å². The van der Waals surface area contributed by atoms with Gasteiger partial charge >= 0.3 is 5.97 Å². The first-order valence-electron chi connectivity index (χ1n) is 4.98. The summed E-state index contributed by atoms with van der Waals surface area (Å²) >= 11 is 3.20. The number of terminal acetylenes is 1. The van der Waals surface area contributed by atoms with Gasteiger partial charge in [-0.15, -0.1) is 12.3 Å². The minimum absolute atomic E-state index is 0.0763. The van der Waals surface area contributed by atoms with Crippen LogP contribution >= 0.6 is 15.9 Å². The SMILES string of the molecule is C#CCC(NC(=O)c1ccc(Br)c(N)c1)C(=O)O. The van der Waals surface area contributed by atoms with Gasteiger partial charge in [0.2, 0.25) is 0 Å². The van der Waals surface area contributed by atoms with Crippen molar-refractivity contribution in [3.8, 4) is 12.3 Å². The molecular formula is C12H11BrN2O3. The van der Waals surface area contributed by atoms with Crippen LogP contribution in [0, 0.1) is 12.3 Å². The number of nitrogens with one attached hydrogen (secondary N) is 1. The number of halogens is 1. The number of carboxylic acids is 1. The zero-order valence-electron chi connectivity index (χ0n) is 9.31. The third-order valence-electron chi connectivity index (χ3n) is 2.18. The number of hydrogen-bond donors (Lipinski definition) is 3. The highest BCUT2D eigenvalue weighted by Crippen LogP contribution is 2.20. The maximum Gasteiger partial charge on any atom is 0.327 e. The predicted octanol–water partition coefficient (Wildman–Crippen LogP) is 1.24. The molecular weight excluding hydrogens is 300 g/mol. The van der Waals surface area contributed by atoms with Crippen LogP contribution in [0.3, 0.4) is 0 Å². The summed E-state index contributed by atoms with van der Waals surface area (Å²) in [7, 11) is 0. The highest BCUT2D eigenvalue weighted by Gasteiger charge is 2.19. The molecule has 18 heavy (non-hydrogen) atoms. The van der Waals surface area contributed by atoms with E-state index in [4.69, 9.17) is 17.3 Å². The van der Waals surface area contributed by atoms with Gasteiger partial charge in [-0.1, -0.05) is 0 Å². The number of aliphatic carboxylic acids is 1. The Morgan fingerprint density at radius 2 is 2.22 bits per heavy atom. The van der Waals surface area contributed by atoms with Crippen molar-refractivity contribution in [3.05, 3.63) is 28.2 Å². The summed E-state index contributed by atoms with van der Waals surface area (Å²) in [5, 5.41) is 11.2. The molecule has 1 atom stereocenters. The second-order valence-corrected chi connectivity index (χ2v) is 4.36. The maximum atomic E-state index is 11.8. The quantitative estimate of drug-likeness (QED) is 0.576. The predicted molar refractivity (Wildman–Crippen MR) is 70.9 cm³/mol. The van der Waals surface area contributed by atoms with Crippen LogP contribution in [0.5, 0.6) is 0 Å². The largest absolute Gasteiger partial charge is 0.480 e. The summed E-state index contributed by atoms with van der Waals surface area (Å²) in [6, 6.07) is 3.49. The molecule has 4 N–H and O–H groups in total. The van der Waals surface area contributed by atoms with E-state index in [0.29, 0.717) is 10.2 Å². The molecule has 0 spiro atoms. The number of hydrogen-bond acceptors (Lipinski definition) is 3. The standard InChI is InChI=1S/C12H11BrN2O3/c1-2-3-10(12(17)18)15-11(16)7-4-5-8(13)9(14)6-7/h1,4-6,10H,3,14H2,(H,15,16)(H,17,18). The Bertz CT molecular complexity index is 523. The average Bonchev–Trinajstić information content (AvgIpc) is 2.31. The zero-order chi connectivity index (χ0) is 13.7. The molecule has 0 radical (unpaired) electrons. The molecule has 1 amide bonds. The summed E-state index contributed by atoms with van der Waals surface area (Å²) < 4.78 is 0.664. The van der Waals surface area contributed by atoms with Crippen molar-refractivity contribution in [2.75, 3.05) is 5.73 Å². The Morgan fingerprint density at radius 1 is 1.56 bits per heavy atom. The molecule has 1 aromatic carbocycles. The molecule has 0 aliphatic rings. The molecule has 1 unspecified atom stereocenters. The Hall–Kier alpha value is -2.00. The molecule has 0 heterocycles. The summed E-state index contributed by atoms with van der Waals surface area (Å²) in [5.41, 5.74) is 6.30. The molecule has 0 saturated carbocycles. The second kappa shape index (κ2) is 6.07. The fraction of sp³-hybridized carbons (Fsp3) is 0.167. The first-order valence-corrected chi connectivity index (χ1v) is 5.77. The third-order valence-corrected chi connectivity index (χ3v) is 2.91. The summed E-state index contributed by atoms with van der Waals surface area (Å²) in [6.07, 6.45) is 4.96. The van der Waals surface area contributed by atoms with Gasteiger partial charge in [0.25, 0.3) is 5.91 Å². The van der Waals surface area contributed by atoms with Crippen LogP contribution in [-0.4, -0.2) is 23.0 Å². The third kappa shape index (κ3) is 3.50. The van der Waals surface area contributed by atoms with E-state index >= 15 is 0 Å². The van der Waals surface area contributed by atoms with Gasteiger partial charge in [0.05, 0.1) is 0 Å². The number of carbonyl (C=O) groups is 2. The first-order chi connectivity index (χ1) is 8.45. The van der Waals surface area contributed by atoms with E-state index in [1.165, 1.54) is 12.1 Å². The van der Waals surface area contributed by atoms with Crippen LogP contribution < -0.4 is 11.1 Å². The van der Waals surface area contributed by atoms with Crippen molar-refractivity contribution in [1.82, 2.24) is 5.32 Å². The number of amides is 1. The van der Waals surface area contributed by atoms with Crippen LogP contribution in [0.2, 0.25) is 0 Å². The van der Waals surface area contributed by atoms with Gasteiger partial charge < -0.3 is 16.2 Å². The van der Waals surface area contributed by atoms with Crippen molar-refractivity contribution in [2.24, 2.45) is 0 Å². The molecule has 0 fully saturated rings. The molecule has 5 nitrogen and oxygen atoms in total. The van der Waals surface area contributed by atoms with E-state index in [0.717, 1.165) is 0 Å². The van der Waals surface area contributed by atoms with Gasteiger partial charge in [-0.05, 0) is 34.1 Å². The zero-order valence-corrected chi connectivity index (χ0v) is 10.9. The smallest absolute Gasteiger partial charge is 0.327 e. The number of nitrogens with two attached hydrogens (primary N) is 1. The number of anilines is 1. The first kappa shape index (κ1) is 14.1. The number of carboxylic acid groups (broad SMARTS) is 1. The molecule has 1 rings (SSSR count). The van der Waals surface area contributed by atoms with Crippen LogP contribution in [-0.2, 0) is 4.79 Å². The second-order valence-electron chi connectivity index (χ2n) is 3.51. The van der Waals surface area contributed by atoms with Gasteiger partial charge in [-0.2, -0.15) is 0 Å². The molecule has 94 valence electrons. The van der Waals surface area contributed by atoms with Gasteiger partial charge in [0.1, 0.15) is 6.04 Å². The lowest BCUT2D eigenvalue weighted by atomic mass is 10.1. The van der Waals surface area contributed by atoms with Crippen molar-refractivity contribution >= 4 is 33.5 Å². The van der Waals surface area contributed by atoms with Gasteiger partial charge in [-0.25, -0.2) is 4.79 Å². The van der Waals surface area contributed by atoms with Crippen LogP contribution in [0.4, 0.5) is 5.69 Å². The highest BCUT2D eigenvalue weighted by molar-refractivity contribution is 9.10. The van der Waals surface area contributed by atoms with Gasteiger partial charge in [0, 0.05) is 22.1 Å². The van der Waals surface area contributed by atoms with Crippen LogP contribution in [0.15, 0.2) is 22.7 Å². The van der Waals surface area contributed by atoms with Gasteiger partial charge in [-0.3, -0.25) is 4.79 Å². The molecule has 6 heteroatoms. The van der Waals surface area contributed by atoms with Crippen LogP contribution in [0.1, 0.15) is 16.8 Å². The number of nitrogen functional groups attached to an aromatic ring is 1. The van der Waals surface area contributed by atoms with E-state index in [2.05, 4.69) is 27.2 Å². The summed E-state index contributed by atoms with van der Waals surface area (Å²) in [6.45, 7) is 0. The minimum Gasteiger partial charge on any atom is -0.480 e. The van der Waals surface area contributed by atoms with Crippen molar-refractivity contribution < 1.29 is 14.7 Å². The Kier molecular flexibility index (Phi) is 4.75. The lowest BCUT2D eigenvalue weighted by Crippen LogP contribution is -2.40. The van der Waals surface area contributed by atoms with Crippen molar-refractivity contribution in [3.63, 3.8) is 0 Å². The molecule has 1 aromatic rings. The Balaban J connectivity index is 2.84. The lowest BCUT2D eigenvalue weighted by molar-refractivity contribution is -0.139. The average molecular weight is 311 g/mol. The molecule has 0 aliphatic carbocycles. The number of carbonyl (C=O) groups excluding carboxylic acids is 1. The molecule has 0 saturated heterocycles. The number of rotatable bonds is 4. The molecule has 0 aliphatic heterocycles. The monoisotopic (exact) mass is 310 g/mol. The molecule has 0 aromatic heterocycles. The summed E-state index contributed by atoms with van der Waals surface area (Å²) in [4.78, 5) is 22.6. The van der Waals surface area contributed by atoms with E-state index < -0.39 is 17.9 Å². The van der Waals surface area contributed by atoms with E-state index in [1.807, 2.05) is 0 Å². The topological polar surface area (TPSA) is 92.4 Å².